The molecule has 0 radical (unpaired) electrons. The fourth-order valence-corrected chi connectivity index (χ4v) is 5.36. The zero-order valence-electron chi connectivity index (χ0n) is 14.9. The smallest absolute Gasteiger partial charge is 0.414 e. The molecule has 0 spiro atoms. The number of anilines is 2. The Bertz CT molecular complexity index is 817. The third-order valence-electron chi connectivity index (χ3n) is 5.77. The van der Waals surface area contributed by atoms with Gasteiger partial charge in [0.15, 0.2) is 5.13 Å². The maximum atomic E-state index is 11.8. The Balaban J connectivity index is 1.34. The summed E-state index contributed by atoms with van der Waals surface area (Å²) in [5, 5.41) is 1.11. The van der Waals surface area contributed by atoms with Crippen molar-refractivity contribution < 1.29 is 9.53 Å². The van der Waals surface area contributed by atoms with E-state index in [1.54, 1.807) is 16.2 Å². The highest BCUT2D eigenvalue weighted by molar-refractivity contribution is 7.22. The van der Waals surface area contributed by atoms with Gasteiger partial charge in [0.2, 0.25) is 0 Å². The van der Waals surface area contributed by atoms with Crippen LogP contribution in [0.2, 0.25) is 0 Å². The van der Waals surface area contributed by atoms with Crippen LogP contribution in [0, 0.1) is 0 Å². The molecule has 1 amide bonds. The van der Waals surface area contributed by atoms with Crippen LogP contribution in [-0.4, -0.2) is 61.3 Å². The number of fused-ring (bicyclic) bond motifs is 1. The van der Waals surface area contributed by atoms with Crippen LogP contribution >= 0.6 is 11.3 Å². The SMILES string of the molecule is O=C1OCCN1c1ccc2nc(N3CCC(N4CCCCC4)C3)sc2c1. The number of amides is 1. The van der Waals surface area contributed by atoms with Gasteiger partial charge in [0.1, 0.15) is 6.61 Å². The van der Waals surface area contributed by atoms with Crippen LogP contribution in [0.5, 0.6) is 0 Å². The molecule has 26 heavy (non-hydrogen) atoms. The largest absolute Gasteiger partial charge is 0.447 e. The molecule has 0 bridgehead atoms. The quantitative estimate of drug-likeness (QED) is 0.827. The normalized spacial score (nSPS) is 24.6. The van der Waals surface area contributed by atoms with Gasteiger partial charge >= 0.3 is 6.09 Å². The second-order valence-electron chi connectivity index (χ2n) is 7.40. The Hall–Kier alpha value is -1.86. The molecule has 3 aliphatic rings. The maximum Gasteiger partial charge on any atom is 0.414 e. The van der Waals surface area contributed by atoms with E-state index in [1.807, 2.05) is 12.1 Å². The molecule has 2 aromatic rings. The van der Waals surface area contributed by atoms with Crippen molar-refractivity contribution in [2.45, 2.75) is 31.7 Å². The molecule has 1 aromatic heterocycles. The summed E-state index contributed by atoms with van der Waals surface area (Å²) in [7, 11) is 0. The molecule has 3 saturated heterocycles. The van der Waals surface area contributed by atoms with Gasteiger partial charge in [-0.25, -0.2) is 9.78 Å². The van der Waals surface area contributed by atoms with Crippen molar-refractivity contribution in [2.24, 2.45) is 0 Å². The van der Waals surface area contributed by atoms with Crippen molar-refractivity contribution in [1.82, 2.24) is 9.88 Å². The van der Waals surface area contributed by atoms with E-state index in [0.29, 0.717) is 19.2 Å². The number of carbonyl (C=O) groups excluding carboxylic acids is 1. The van der Waals surface area contributed by atoms with Crippen molar-refractivity contribution >= 4 is 38.5 Å². The fourth-order valence-electron chi connectivity index (χ4n) is 4.33. The molecule has 0 N–H and O–H groups in total. The first kappa shape index (κ1) is 16.3. The lowest BCUT2D eigenvalue weighted by atomic mass is 10.1. The first-order chi connectivity index (χ1) is 12.8. The average Bonchev–Trinajstić information content (AvgIpc) is 3.40. The van der Waals surface area contributed by atoms with E-state index < -0.39 is 0 Å². The molecule has 3 fully saturated rings. The Labute approximate surface area is 157 Å². The van der Waals surface area contributed by atoms with Crippen molar-refractivity contribution in [3.8, 4) is 0 Å². The number of aromatic nitrogens is 1. The number of likely N-dealkylation sites (tertiary alicyclic amines) is 1. The van der Waals surface area contributed by atoms with Crippen molar-refractivity contribution in [2.75, 3.05) is 49.1 Å². The van der Waals surface area contributed by atoms with Crippen molar-refractivity contribution in [1.29, 1.82) is 0 Å². The third-order valence-corrected chi connectivity index (χ3v) is 6.85. The molecular weight excluding hydrogens is 348 g/mol. The van der Waals surface area contributed by atoms with Gasteiger partial charge in [-0.3, -0.25) is 9.80 Å². The Morgan fingerprint density at radius 1 is 1.12 bits per heavy atom. The summed E-state index contributed by atoms with van der Waals surface area (Å²) >= 11 is 1.73. The van der Waals surface area contributed by atoms with E-state index in [-0.39, 0.29) is 6.09 Å². The van der Waals surface area contributed by atoms with Gasteiger partial charge in [0.25, 0.3) is 0 Å². The van der Waals surface area contributed by atoms with Gasteiger partial charge in [-0.2, -0.15) is 0 Å². The van der Waals surface area contributed by atoms with E-state index in [9.17, 15) is 4.79 Å². The molecule has 0 saturated carbocycles. The lowest BCUT2D eigenvalue weighted by Gasteiger charge is -2.32. The van der Waals surface area contributed by atoms with Crippen LogP contribution in [0.25, 0.3) is 10.2 Å². The number of ether oxygens (including phenoxy) is 1. The molecule has 7 heteroatoms. The summed E-state index contributed by atoms with van der Waals surface area (Å²) in [6.07, 6.45) is 5.06. The number of carbonyl (C=O) groups is 1. The molecule has 4 heterocycles. The predicted octanol–water partition coefficient (Wildman–Crippen LogP) is 3.32. The first-order valence-electron chi connectivity index (χ1n) is 9.62. The predicted molar refractivity (Wildman–Crippen MR) is 104 cm³/mol. The van der Waals surface area contributed by atoms with Crippen LogP contribution in [0.1, 0.15) is 25.7 Å². The number of hydrogen-bond acceptors (Lipinski definition) is 6. The third kappa shape index (κ3) is 2.93. The van der Waals surface area contributed by atoms with Gasteiger partial charge < -0.3 is 9.64 Å². The van der Waals surface area contributed by atoms with Crippen molar-refractivity contribution in [3.63, 3.8) is 0 Å². The summed E-state index contributed by atoms with van der Waals surface area (Å²) in [4.78, 5) is 23.5. The first-order valence-corrected chi connectivity index (χ1v) is 10.4. The molecular formula is C19H24N4O2S. The van der Waals surface area contributed by atoms with Gasteiger partial charge in [-0.05, 0) is 50.6 Å². The Morgan fingerprint density at radius 3 is 2.81 bits per heavy atom. The van der Waals surface area contributed by atoms with Gasteiger partial charge in [-0.1, -0.05) is 17.8 Å². The monoisotopic (exact) mass is 372 g/mol. The molecule has 1 unspecified atom stereocenters. The highest BCUT2D eigenvalue weighted by Gasteiger charge is 2.30. The van der Waals surface area contributed by atoms with Gasteiger partial charge in [0, 0.05) is 24.8 Å². The van der Waals surface area contributed by atoms with E-state index >= 15 is 0 Å². The lowest BCUT2D eigenvalue weighted by molar-refractivity contribution is 0.175. The Morgan fingerprint density at radius 2 is 2.00 bits per heavy atom. The molecule has 6 nitrogen and oxygen atoms in total. The summed E-state index contributed by atoms with van der Waals surface area (Å²) in [5.41, 5.74) is 1.92. The average molecular weight is 372 g/mol. The van der Waals surface area contributed by atoms with E-state index in [1.165, 1.54) is 38.8 Å². The van der Waals surface area contributed by atoms with Gasteiger partial charge in [-0.15, -0.1) is 0 Å². The summed E-state index contributed by atoms with van der Waals surface area (Å²) in [6, 6.07) is 6.74. The zero-order valence-corrected chi connectivity index (χ0v) is 15.7. The second-order valence-corrected chi connectivity index (χ2v) is 8.41. The molecule has 1 atom stereocenters. The number of thiazole rings is 1. The minimum Gasteiger partial charge on any atom is -0.447 e. The lowest BCUT2D eigenvalue weighted by Crippen LogP contribution is -2.40. The molecule has 3 aliphatic heterocycles. The number of cyclic esters (lactones) is 1. The minimum absolute atomic E-state index is 0.252. The van der Waals surface area contributed by atoms with Crippen LogP contribution in [0.3, 0.4) is 0 Å². The number of hydrogen-bond donors (Lipinski definition) is 0. The standard InChI is InChI=1S/C19H24N4O2S/c24-19-23(10-11-25-19)14-4-5-16-17(12-14)26-18(20-16)22-9-6-15(13-22)21-7-2-1-3-8-21/h4-5,12,15H,1-3,6-11,13H2. The summed E-state index contributed by atoms with van der Waals surface area (Å²) < 4.78 is 6.19. The van der Waals surface area contributed by atoms with E-state index in [2.05, 4.69) is 15.9 Å². The summed E-state index contributed by atoms with van der Waals surface area (Å²) in [5.74, 6) is 0. The second kappa shape index (κ2) is 6.70. The number of piperidine rings is 1. The highest BCUT2D eigenvalue weighted by Crippen LogP contribution is 2.34. The number of benzene rings is 1. The van der Waals surface area contributed by atoms with Crippen LogP contribution in [0.15, 0.2) is 18.2 Å². The van der Waals surface area contributed by atoms with E-state index in [4.69, 9.17) is 9.72 Å². The molecule has 1 aromatic carbocycles. The topological polar surface area (TPSA) is 48.9 Å². The molecule has 5 rings (SSSR count). The Kier molecular flexibility index (Phi) is 4.21. The zero-order chi connectivity index (χ0) is 17.5. The van der Waals surface area contributed by atoms with E-state index in [0.717, 1.165) is 34.1 Å². The highest BCUT2D eigenvalue weighted by atomic mass is 32.1. The van der Waals surface area contributed by atoms with Crippen molar-refractivity contribution in [3.05, 3.63) is 18.2 Å². The number of nitrogens with zero attached hydrogens (tertiary/aromatic N) is 4. The minimum atomic E-state index is -0.252. The molecule has 0 aliphatic carbocycles. The van der Waals surface area contributed by atoms with Crippen LogP contribution in [0.4, 0.5) is 15.6 Å². The van der Waals surface area contributed by atoms with Gasteiger partial charge in [0.05, 0.1) is 16.8 Å². The van der Waals surface area contributed by atoms with Crippen LogP contribution in [-0.2, 0) is 4.74 Å². The summed E-state index contributed by atoms with van der Waals surface area (Å²) in [6.45, 7) is 5.79. The fraction of sp³-hybridized carbons (Fsp3) is 0.579. The molecule has 138 valence electrons. The maximum absolute atomic E-state index is 11.8. The van der Waals surface area contributed by atoms with Crippen LogP contribution < -0.4 is 9.80 Å². The number of rotatable bonds is 3.